The Labute approximate surface area is 133 Å². The summed E-state index contributed by atoms with van der Waals surface area (Å²) in [7, 11) is 0. The highest BCUT2D eigenvalue weighted by Crippen LogP contribution is 2.27. The highest BCUT2D eigenvalue weighted by Gasteiger charge is 2.29. The Morgan fingerprint density at radius 2 is 1.91 bits per heavy atom. The van der Waals surface area contributed by atoms with Gasteiger partial charge in [0, 0.05) is 25.5 Å². The van der Waals surface area contributed by atoms with Crippen molar-refractivity contribution in [3.63, 3.8) is 0 Å². The Balaban J connectivity index is 1.86. The molecule has 1 saturated heterocycles. The molecule has 0 saturated carbocycles. The van der Waals surface area contributed by atoms with E-state index in [1.54, 1.807) is 18.5 Å². The number of nitrogens with zero attached hydrogens (tertiary/aromatic N) is 4. The lowest BCUT2D eigenvalue weighted by Crippen LogP contribution is -2.48. The fraction of sp³-hybridized carbons (Fsp3) is 0.467. The molecule has 1 fully saturated rings. The monoisotopic (exact) mass is 318 g/mol. The number of amides is 1. The Morgan fingerprint density at radius 3 is 2.55 bits per heavy atom. The number of hydrogen-bond donors (Lipinski definition) is 0. The van der Waals surface area contributed by atoms with Crippen molar-refractivity contribution in [2.24, 2.45) is 0 Å². The van der Waals surface area contributed by atoms with Crippen LogP contribution in [0.4, 0.5) is 0 Å². The first kappa shape index (κ1) is 15.1. The number of aryl methyl sites for hydroxylation is 1. The molecule has 0 N–H and O–H groups in total. The topological polar surface area (TPSA) is 68.2 Å². The van der Waals surface area contributed by atoms with E-state index in [1.807, 2.05) is 25.7 Å². The normalized spacial score (nSPS) is 21.9. The van der Waals surface area contributed by atoms with Crippen molar-refractivity contribution in [1.82, 2.24) is 19.9 Å². The van der Waals surface area contributed by atoms with E-state index in [9.17, 15) is 4.79 Å². The summed E-state index contributed by atoms with van der Waals surface area (Å²) >= 11 is 1.35. The molecule has 0 aliphatic carbocycles. The lowest BCUT2D eigenvalue weighted by atomic mass is 10.2. The second kappa shape index (κ2) is 6.10. The van der Waals surface area contributed by atoms with Gasteiger partial charge in [-0.15, -0.1) is 11.3 Å². The van der Waals surface area contributed by atoms with Crippen LogP contribution in [0.2, 0.25) is 0 Å². The number of ether oxygens (including phenoxy) is 1. The Kier molecular flexibility index (Phi) is 4.17. The maximum atomic E-state index is 12.8. The molecule has 1 aliphatic rings. The molecule has 2 atom stereocenters. The molecule has 0 radical (unpaired) electrons. The lowest BCUT2D eigenvalue weighted by molar-refractivity contribution is -0.0585. The van der Waals surface area contributed by atoms with Gasteiger partial charge in [0.1, 0.15) is 4.88 Å². The Bertz CT molecular complexity index is 663. The molecule has 7 heteroatoms. The highest BCUT2D eigenvalue weighted by atomic mass is 32.1. The van der Waals surface area contributed by atoms with E-state index in [0.717, 1.165) is 5.69 Å². The fourth-order valence-electron chi connectivity index (χ4n) is 2.59. The number of carbonyl (C=O) groups is 1. The molecule has 2 aromatic heterocycles. The van der Waals surface area contributed by atoms with Crippen LogP contribution in [-0.4, -0.2) is 51.1 Å². The summed E-state index contributed by atoms with van der Waals surface area (Å²) in [5.41, 5.74) is 0.726. The molecule has 3 heterocycles. The van der Waals surface area contributed by atoms with Crippen molar-refractivity contribution in [3.8, 4) is 10.8 Å². The van der Waals surface area contributed by atoms with Gasteiger partial charge in [-0.05, 0) is 26.8 Å². The van der Waals surface area contributed by atoms with Crippen molar-refractivity contribution in [1.29, 1.82) is 0 Å². The smallest absolute Gasteiger partial charge is 0.266 e. The minimum Gasteiger partial charge on any atom is -0.372 e. The largest absolute Gasteiger partial charge is 0.372 e. The van der Waals surface area contributed by atoms with Crippen molar-refractivity contribution in [2.45, 2.75) is 33.0 Å². The van der Waals surface area contributed by atoms with Gasteiger partial charge in [-0.2, -0.15) is 0 Å². The zero-order valence-corrected chi connectivity index (χ0v) is 13.6. The summed E-state index contributed by atoms with van der Waals surface area (Å²) in [5, 5.41) is 0.677. The Hall–Kier alpha value is -1.86. The molecule has 1 aliphatic heterocycles. The van der Waals surface area contributed by atoms with Crippen molar-refractivity contribution in [2.75, 3.05) is 13.1 Å². The van der Waals surface area contributed by atoms with Crippen LogP contribution in [0.5, 0.6) is 0 Å². The zero-order chi connectivity index (χ0) is 15.7. The van der Waals surface area contributed by atoms with Gasteiger partial charge >= 0.3 is 0 Å². The summed E-state index contributed by atoms with van der Waals surface area (Å²) in [6.45, 7) is 7.04. The molecule has 0 spiro atoms. The van der Waals surface area contributed by atoms with Crippen LogP contribution in [0.1, 0.15) is 29.2 Å². The zero-order valence-electron chi connectivity index (χ0n) is 12.8. The fourth-order valence-corrected chi connectivity index (χ4v) is 3.57. The van der Waals surface area contributed by atoms with Crippen LogP contribution in [0.3, 0.4) is 0 Å². The van der Waals surface area contributed by atoms with E-state index in [-0.39, 0.29) is 18.1 Å². The van der Waals surface area contributed by atoms with Gasteiger partial charge in [0.15, 0.2) is 10.8 Å². The number of rotatable bonds is 2. The van der Waals surface area contributed by atoms with Crippen molar-refractivity contribution >= 4 is 17.2 Å². The molecule has 2 aromatic rings. The third-order valence-electron chi connectivity index (χ3n) is 3.45. The maximum Gasteiger partial charge on any atom is 0.266 e. The van der Waals surface area contributed by atoms with Crippen LogP contribution in [0.25, 0.3) is 10.8 Å². The molecule has 116 valence electrons. The molecule has 0 bridgehead atoms. The second-order valence-corrected chi connectivity index (χ2v) is 6.47. The number of morpholine rings is 1. The van der Waals surface area contributed by atoms with Gasteiger partial charge in [0.2, 0.25) is 0 Å². The van der Waals surface area contributed by atoms with Crippen LogP contribution in [0.15, 0.2) is 18.5 Å². The summed E-state index contributed by atoms with van der Waals surface area (Å²) < 4.78 is 5.68. The average Bonchev–Trinajstić information content (AvgIpc) is 2.88. The van der Waals surface area contributed by atoms with E-state index in [0.29, 0.717) is 28.8 Å². The van der Waals surface area contributed by atoms with E-state index in [1.165, 1.54) is 11.3 Å². The second-order valence-electron chi connectivity index (χ2n) is 5.47. The van der Waals surface area contributed by atoms with E-state index in [4.69, 9.17) is 4.74 Å². The van der Waals surface area contributed by atoms with Gasteiger partial charge < -0.3 is 9.64 Å². The first-order chi connectivity index (χ1) is 10.5. The van der Waals surface area contributed by atoms with E-state index in [2.05, 4.69) is 15.0 Å². The van der Waals surface area contributed by atoms with E-state index < -0.39 is 0 Å². The quantitative estimate of drug-likeness (QED) is 0.849. The molecule has 1 amide bonds. The Morgan fingerprint density at radius 1 is 1.27 bits per heavy atom. The van der Waals surface area contributed by atoms with Gasteiger partial charge in [0.05, 0.1) is 17.9 Å². The van der Waals surface area contributed by atoms with Crippen molar-refractivity contribution in [3.05, 3.63) is 29.0 Å². The molecular formula is C15H18N4O2S. The predicted molar refractivity (Wildman–Crippen MR) is 83.8 cm³/mol. The average molecular weight is 318 g/mol. The lowest BCUT2D eigenvalue weighted by Gasteiger charge is -2.35. The first-order valence-corrected chi connectivity index (χ1v) is 8.06. The standard InChI is InChI=1S/C15H18N4O2S/c1-9-7-19(8-10(2)21-9)15(20)12-11(3)18-14(22-12)13-16-5-4-6-17-13/h4-6,9-10H,7-8H2,1-3H3/t9-,10+. The molecular weight excluding hydrogens is 300 g/mol. The van der Waals surface area contributed by atoms with Crippen molar-refractivity contribution < 1.29 is 9.53 Å². The van der Waals surface area contributed by atoms with Gasteiger partial charge in [-0.1, -0.05) is 0 Å². The van der Waals surface area contributed by atoms with Crippen LogP contribution >= 0.6 is 11.3 Å². The SMILES string of the molecule is Cc1nc(-c2ncccn2)sc1C(=O)N1C[C@@H](C)O[C@@H](C)C1. The van der Waals surface area contributed by atoms with Gasteiger partial charge in [0.25, 0.3) is 5.91 Å². The highest BCUT2D eigenvalue weighted by molar-refractivity contribution is 7.17. The molecule has 22 heavy (non-hydrogen) atoms. The molecule has 0 unspecified atom stereocenters. The summed E-state index contributed by atoms with van der Waals surface area (Å²) in [6, 6.07) is 1.76. The third-order valence-corrected chi connectivity index (χ3v) is 4.60. The third kappa shape index (κ3) is 3.00. The van der Waals surface area contributed by atoms with Crippen LogP contribution < -0.4 is 0 Å². The van der Waals surface area contributed by atoms with Crippen LogP contribution in [-0.2, 0) is 4.74 Å². The number of hydrogen-bond acceptors (Lipinski definition) is 6. The van der Waals surface area contributed by atoms with Crippen LogP contribution in [0, 0.1) is 6.92 Å². The molecule has 3 rings (SSSR count). The minimum absolute atomic E-state index is 0.0131. The predicted octanol–water partition coefficient (Wildman–Crippen LogP) is 2.16. The number of carbonyl (C=O) groups excluding carboxylic acids is 1. The molecule has 6 nitrogen and oxygen atoms in total. The summed E-state index contributed by atoms with van der Waals surface area (Å²) in [5.74, 6) is 0.567. The summed E-state index contributed by atoms with van der Waals surface area (Å²) in [6.07, 6.45) is 3.45. The van der Waals surface area contributed by atoms with E-state index >= 15 is 0 Å². The van der Waals surface area contributed by atoms with Gasteiger partial charge in [-0.3, -0.25) is 4.79 Å². The maximum absolute atomic E-state index is 12.8. The van der Waals surface area contributed by atoms with Gasteiger partial charge in [-0.25, -0.2) is 15.0 Å². The first-order valence-electron chi connectivity index (χ1n) is 7.24. The molecule has 0 aromatic carbocycles. The summed E-state index contributed by atoms with van der Waals surface area (Å²) in [4.78, 5) is 28.1. The number of thiazole rings is 1. The number of aromatic nitrogens is 3. The minimum atomic E-state index is 0.0131.